The quantitative estimate of drug-likeness (QED) is 0.155. The lowest BCUT2D eigenvalue weighted by molar-refractivity contribution is -0.384. The number of carbonyl (C=O) groups excluding carboxylic acids is 1. The maximum Gasteiger partial charge on any atom is 0.347 e. The molecule has 0 aliphatic rings. The van der Waals surface area contributed by atoms with Crippen LogP contribution in [-0.2, 0) is 17.8 Å². The summed E-state index contributed by atoms with van der Waals surface area (Å²) in [7, 11) is 4.23. The van der Waals surface area contributed by atoms with Gasteiger partial charge in [0.25, 0.3) is 11.2 Å². The van der Waals surface area contributed by atoms with Gasteiger partial charge in [0.15, 0.2) is 11.4 Å². The molecule has 0 saturated carbocycles. The van der Waals surface area contributed by atoms with E-state index in [0.29, 0.717) is 17.6 Å². The van der Waals surface area contributed by atoms with Crippen molar-refractivity contribution in [3.05, 3.63) is 116 Å². The van der Waals surface area contributed by atoms with Gasteiger partial charge in [-0.1, -0.05) is 24.3 Å². The highest BCUT2D eigenvalue weighted by Gasteiger charge is 2.28. The minimum atomic E-state index is -0.983. The molecule has 0 atom stereocenters. The number of nitro benzene ring substituents is 1. The monoisotopic (exact) mass is 562 g/mol. The van der Waals surface area contributed by atoms with Gasteiger partial charge in [0.1, 0.15) is 29.3 Å². The second kappa shape index (κ2) is 12.3. The molecule has 0 N–H and O–H groups in total. The lowest BCUT2D eigenvalue weighted by Gasteiger charge is -2.26. The van der Waals surface area contributed by atoms with Crippen LogP contribution in [0.25, 0.3) is 5.69 Å². The molecule has 11 nitrogen and oxygen atoms in total. The van der Waals surface area contributed by atoms with Crippen molar-refractivity contribution < 1.29 is 28.3 Å². The predicted molar refractivity (Wildman–Crippen MR) is 148 cm³/mol. The number of nitro groups is 1. The zero-order valence-corrected chi connectivity index (χ0v) is 22.8. The van der Waals surface area contributed by atoms with Crippen molar-refractivity contribution >= 4 is 17.5 Å². The largest absolute Gasteiger partial charge is 0.497 e. The Hall–Kier alpha value is -5.26. The SMILES string of the molecule is COC(=O)c1c(N(Cc2ccc(OC)cc2)Cc2ccc(OC)cc2)ncn(-c2c(C)cc(F)cc2[N+](=O)[O-])c1=O. The molecule has 12 heteroatoms. The second-order valence-corrected chi connectivity index (χ2v) is 9.01. The number of carbonyl (C=O) groups is 1. The summed E-state index contributed by atoms with van der Waals surface area (Å²) in [5.74, 6) is -0.504. The van der Waals surface area contributed by atoms with Crippen molar-refractivity contribution in [2.75, 3.05) is 26.2 Å². The van der Waals surface area contributed by atoms with E-state index in [-0.39, 0.29) is 30.2 Å². The van der Waals surface area contributed by atoms with Gasteiger partial charge in [-0.15, -0.1) is 0 Å². The summed E-state index contributed by atoms with van der Waals surface area (Å²) >= 11 is 0. The van der Waals surface area contributed by atoms with E-state index in [9.17, 15) is 24.1 Å². The fourth-order valence-electron chi connectivity index (χ4n) is 4.40. The summed E-state index contributed by atoms with van der Waals surface area (Å²) < 4.78 is 30.3. The van der Waals surface area contributed by atoms with Gasteiger partial charge in [0.2, 0.25) is 0 Å². The summed E-state index contributed by atoms with van der Waals surface area (Å²) in [4.78, 5) is 44.0. The molecule has 0 radical (unpaired) electrons. The van der Waals surface area contributed by atoms with Crippen LogP contribution < -0.4 is 19.9 Å². The van der Waals surface area contributed by atoms with E-state index in [1.54, 1.807) is 43.4 Å². The third kappa shape index (κ3) is 6.16. The number of hydrogen-bond donors (Lipinski definition) is 0. The van der Waals surface area contributed by atoms with Gasteiger partial charge >= 0.3 is 5.97 Å². The Morgan fingerprint density at radius 1 is 0.976 bits per heavy atom. The number of aromatic nitrogens is 2. The number of esters is 1. The molecular formula is C29H27FN4O7. The predicted octanol–water partition coefficient (Wildman–Crippen LogP) is 4.60. The third-order valence-electron chi connectivity index (χ3n) is 6.39. The molecule has 0 amide bonds. The van der Waals surface area contributed by atoms with Crippen molar-refractivity contribution in [3.8, 4) is 17.2 Å². The number of rotatable bonds is 10. The van der Waals surface area contributed by atoms with E-state index in [0.717, 1.165) is 35.2 Å². The third-order valence-corrected chi connectivity index (χ3v) is 6.39. The fourth-order valence-corrected chi connectivity index (χ4v) is 4.40. The minimum absolute atomic E-state index is 0.00662. The van der Waals surface area contributed by atoms with Crippen LogP contribution in [0.3, 0.4) is 0 Å². The van der Waals surface area contributed by atoms with E-state index in [2.05, 4.69) is 4.98 Å². The number of benzene rings is 3. The molecule has 0 bridgehead atoms. The molecule has 0 fully saturated rings. The lowest BCUT2D eigenvalue weighted by Crippen LogP contribution is -2.33. The minimum Gasteiger partial charge on any atom is -0.497 e. The molecule has 1 aromatic heterocycles. The molecule has 4 rings (SSSR count). The van der Waals surface area contributed by atoms with E-state index in [4.69, 9.17) is 14.2 Å². The second-order valence-electron chi connectivity index (χ2n) is 9.01. The van der Waals surface area contributed by atoms with Gasteiger partial charge in [-0.3, -0.25) is 19.5 Å². The average Bonchev–Trinajstić information content (AvgIpc) is 2.97. The van der Waals surface area contributed by atoms with Crippen LogP contribution in [0, 0.1) is 22.9 Å². The molecule has 41 heavy (non-hydrogen) atoms. The summed E-state index contributed by atoms with van der Waals surface area (Å²) in [5, 5.41) is 11.7. The Bertz CT molecular complexity index is 1590. The Morgan fingerprint density at radius 3 is 1.98 bits per heavy atom. The van der Waals surface area contributed by atoms with Crippen LogP contribution in [0.4, 0.5) is 15.9 Å². The van der Waals surface area contributed by atoms with Gasteiger partial charge in [0.05, 0.1) is 32.3 Å². The molecule has 0 saturated heterocycles. The van der Waals surface area contributed by atoms with Crippen molar-refractivity contribution in [1.82, 2.24) is 9.55 Å². The molecule has 212 valence electrons. The molecule has 0 aliphatic carbocycles. The number of anilines is 1. The molecule has 1 heterocycles. The standard InChI is InChI=1S/C29H27FN4O7/c1-18-13-21(30)14-24(34(37)38)26(18)33-17-31-27(25(28(33)35)29(36)41-4)32(15-19-5-9-22(39-2)10-6-19)16-20-7-11-23(40-3)12-8-20/h5-14,17H,15-16H2,1-4H3. The maximum atomic E-state index is 14.0. The van der Waals surface area contributed by atoms with E-state index in [1.807, 2.05) is 24.3 Å². The van der Waals surface area contributed by atoms with Crippen LogP contribution >= 0.6 is 0 Å². The van der Waals surface area contributed by atoms with Crippen LogP contribution in [0.1, 0.15) is 27.0 Å². The van der Waals surface area contributed by atoms with Crippen molar-refractivity contribution in [3.63, 3.8) is 0 Å². The number of methoxy groups -OCH3 is 3. The zero-order valence-electron chi connectivity index (χ0n) is 22.8. The fraction of sp³-hybridized carbons (Fsp3) is 0.207. The first-order valence-corrected chi connectivity index (χ1v) is 12.3. The zero-order chi connectivity index (χ0) is 29.7. The van der Waals surface area contributed by atoms with Crippen LogP contribution in [0.2, 0.25) is 0 Å². The van der Waals surface area contributed by atoms with Crippen molar-refractivity contribution in [2.24, 2.45) is 0 Å². The van der Waals surface area contributed by atoms with E-state index in [1.165, 1.54) is 6.92 Å². The van der Waals surface area contributed by atoms with Crippen LogP contribution in [0.5, 0.6) is 11.5 Å². The Balaban J connectivity index is 1.90. The summed E-state index contributed by atoms with van der Waals surface area (Å²) in [6.45, 7) is 1.88. The van der Waals surface area contributed by atoms with Crippen LogP contribution in [-0.4, -0.2) is 41.8 Å². The topological polar surface area (TPSA) is 126 Å². The van der Waals surface area contributed by atoms with Gasteiger partial charge in [-0.2, -0.15) is 0 Å². The van der Waals surface area contributed by atoms with Gasteiger partial charge in [-0.05, 0) is 53.9 Å². The summed E-state index contributed by atoms with van der Waals surface area (Å²) in [6.07, 6.45) is 1.09. The first kappa shape index (κ1) is 28.7. The molecule has 0 unspecified atom stereocenters. The number of halogens is 1. The highest BCUT2D eigenvalue weighted by atomic mass is 19.1. The number of hydrogen-bond acceptors (Lipinski definition) is 9. The molecular weight excluding hydrogens is 535 g/mol. The Kier molecular flexibility index (Phi) is 8.61. The summed E-state index contributed by atoms with van der Waals surface area (Å²) in [6, 6.07) is 16.2. The van der Waals surface area contributed by atoms with Crippen LogP contribution in [0.15, 0.2) is 71.8 Å². The van der Waals surface area contributed by atoms with E-state index < -0.39 is 33.5 Å². The maximum absolute atomic E-state index is 14.0. The lowest BCUT2D eigenvalue weighted by atomic mass is 10.1. The Labute approximate surface area is 234 Å². The highest BCUT2D eigenvalue weighted by molar-refractivity contribution is 5.94. The molecule has 0 aliphatic heterocycles. The number of nitrogens with zero attached hydrogens (tertiary/aromatic N) is 4. The molecule has 4 aromatic rings. The number of ether oxygens (including phenoxy) is 3. The van der Waals surface area contributed by atoms with Gasteiger partial charge in [-0.25, -0.2) is 14.2 Å². The smallest absolute Gasteiger partial charge is 0.347 e. The summed E-state index contributed by atoms with van der Waals surface area (Å²) in [5.41, 5.74) is -0.440. The van der Waals surface area contributed by atoms with Gasteiger partial charge < -0.3 is 19.1 Å². The molecule has 0 spiro atoms. The first-order valence-electron chi connectivity index (χ1n) is 12.3. The van der Waals surface area contributed by atoms with Crippen molar-refractivity contribution in [1.29, 1.82) is 0 Å². The van der Waals surface area contributed by atoms with E-state index >= 15 is 0 Å². The normalized spacial score (nSPS) is 10.7. The first-order chi connectivity index (χ1) is 19.7. The van der Waals surface area contributed by atoms with Gasteiger partial charge in [0, 0.05) is 13.1 Å². The Morgan fingerprint density at radius 2 is 1.51 bits per heavy atom. The number of aryl methyl sites for hydroxylation is 1. The van der Waals surface area contributed by atoms with Crippen molar-refractivity contribution in [2.45, 2.75) is 20.0 Å². The molecule has 3 aromatic carbocycles. The highest BCUT2D eigenvalue weighted by Crippen LogP contribution is 2.29. The average molecular weight is 563 g/mol.